The lowest BCUT2D eigenvalue weighted by Crippen LogP contribution is -2.48. The van der Waals surface area contributed by atoms with Gasteiger partial charge < -0.3 is 15.3 Å². The average Bonchev–Trinajstić information content (AvgIpc) is 2.61. The largest absolute Gasteiger partial charge is 0.480 e. The Hall–Kier alpha value is -1.51. The number of amides is 1. The first-order chi connectivity index (χ1) is 8.20. The number of aliphatic carboxylic acids is 1. The summed E-state index contributed by atoms with van der Waals surface area (Å²) in [5.41, 5.74) is 0. The summed E-state index contributed by atoms with van der Waals surface area (Å²) in [6, 6.07) is -1.72. The summed E-state index contributed by atoms with van der Waals surface area (Å²) < 4.78 is 35.9. The highest BCUT2D eigenvalue weighted by atomic mass is 35.5. The molecule has 2 atom stereocenters. The van der Waals surface area contributed by atoms with Crippen LogP contribution in [0.5, 0.6) is 0 Å². The molecule has 1 rings (SSSR count). The van der Waals surface area contributed by atoms with Crippen LogP contribution in [0.25, 0.3) is 0 Å². The van der Waals surface area contributed by atoms with Crippen LogP contribution >= 0.6 is 11.6 Å². The number of alkyl halides is 3. The summed E-state index contributed by atoms with van der Waals surface area (Å²) in [6.07, 6.45) is -6.19. The van der Waals surface area contributed by atoms with E-state index in [1.807, 2.05) is 0 Å². The highest BCUT2D eigenvalue weighted by Gasteiger charge is 2.41. The van der Waals surface area contributed by atoms with E-state index in [0.29, 0.717) is 0 Å². The molecule has 0 bridgehead atoms. The number of carbonyl (C=O) groups excluding carboxylic acids is 1. The topological polar surface area (TPSA) is 88.0 Å². The van der Waals surface area contributed by atoms with E-state index >= 15 is 0 Å². The number of carbonyl (C=O) groups is 2. The molecule has 0 saturated heterocycles. The van der Waals surface area contributed by atoms with Gasteiger partial charge in [-0.15, -0.1) is 0 Å². The number of oxime groups is 1. The van der Waals surface area contributed by atoms with Gasteiger partial charge in [-0.05, 0) is 0 Å². The summed E-state index contributed by atoms with van der Waals surface area (Å²) in [6.45, 7) is 0. The molecule has 0 aromatic carbocycles. The molecular formula is C8H8ClF3N2O4. The van der Waals surface area contributed by atoms with Crippen molar-refractivity contribution in [1.82, 2.24) is 5.32 Å². The average molecular weight is 289 g/mol. The Bertz CT molecular complexity index is 385. The van der Waals surface area contributed by atoms with Gasteiger partial charge >= 0.3 is 18.1 Å². The molecule has 18 heavy (non-hydrogen) atoms. The maximum absolute atomic E-state index is 12.0. The number of carboxylic acids is 1. The van der Waals surface area contributed by atoms with E-state index in [9.17, 15) is 22.8 Å². The van der Waals surface area contributed by atoms with E-state index in [4.69, 9.17) is 16.7 Å². The van der Waals surface area contributed by atoms with E-state index in [0.717, 1.165) is 0 Å². The number of carboxylic acid groups (broad SMARTS) is 1. The SMILES string of the molecule is O=C(O)[C@@H](C[C@H]1CC(Cl)=NO1)NC(=O)C(F)(F)F. The van der Waals surface area contributed by atoms with Crippen LogP contribution in [0.4, 0.5) is 13.2 Å². The molecule has 0 fully saturated rings. The van der Waals surface area contributed by atoms with Crippen LogP contribution < -0.4 is 5.32 Å². The van der Waals surface area contributed by atoms with Crippen molar-refractivity contribution in [3.05, 3.63) is 0 Å². The smallest absolute Gasteiger partial charge is 0.471 e. The molecular weight excluding hydrogens is 281 g/mol. The predicted molar refractivity (Wildman–Crippen MR) is 53.0 cm³/mol. The monoisotopic (exact) mass is 288 g/mol. The van der Waals surface area contributed by atoms with Crippen molar-refractivity contribution >= 4 is 28.6 Å². The van der Waals surface area contributed by atoms with Crippen molar-refractivity contribution in [2.24, 2.45) is 5.16 Å². The quantitative estimate of drug-likeness (QED) is 0.803. The van der Waals surface area contributed by atoms with E-state index in [2.05, 4.69) is 9.99 Å². The minimum atomic E-state index is -5.14. The second-order valence-corrected chi connectivity index (χ2v) is 3.93. The zero-order valence-corrected chi connectivity index (χ0v) is 9.46. The number of nitrogens with zero attached hydrogens (tertiary/aromatic N) is 1. The van der Waals surface area contributed by atoms with Crippen molar-refractivity contribution < 1.29 is 32.7 Å². The lowest BCUT2D eigenvalue weighted by Gasteiger charge is -2.17. The Morgan fingerprint density at radius 2 is 2.22 bits per heavy atom. The van der Waals surface area contributed by atoms with Gasteiger partial charge in [0.2, 0.25) is 0 Å². The first-order valence-corrected chi connectivity index (χ1v) is 5.06. The molecule has 0 spiro atoms. The van der Waals surface area contributed by atoms with Crippen LogP contribution in [0.2, 0.25) is 0 Å². The molecule has 0 aromatic heterocycles. The molecule has 0 aliphatic carbocycles. The third-order valence-corrected chi connectivity index (χ3v) is 2.28. The highest BCUT2D eigenvalue weighted by Crippen LogP contribution is 2.19. The van der Waals surface area contributed by atoms with Gasteiger partial charge in [-0.3, -0.25) is 4.79 Å². The lowest BCUT2D eigenvalue weighted by molar-refractivity contribution is -0.175. The van der Waals surface area contributed by atoms with Crippen molar-refractivity contribution in [3.63, 3.8) is 0 Å². The van der Waals surface area contributed by atoms with Crippen molar-refractivity contribution in [1.29, 1.82) is 0 Å². The summed E-state index contributed by atoms with van der Waals surface area (Å²) in [4.78, 5) is 26.0. The number of rotatable bonds is 4. The molecule has 2 N–H and O–H groups in total. The first kappa shape index (κ1) is 14.6. The van der Waals surface area contributed by atoms with Crippen LogP contribution in [0, 0.1) is 0 Å². The van der Waals surface area contributed by atoms with E-state index in [1.54, 1.807) is 0 Å². The number of hydrogen-bond acceptors (Lipinski definition) is 4. The number of hydrogen-bond donors (Lipinski definition) is 2. The van der Waals surface area contributed by atoms with Gasteiger partial charge in [0.05, 0.1) is 0 Å². The maximum atomic E-state index is 12.0. The molecule has 1 amide bonds. The molecule has 1 aliphatic heterocycles. The fourth-order valence-electron chi connectivity index (χ4n) is 1.24. The van der Waals surface area contributed by atoms with Crippen LogP contribution in [0.1, 0.15) is 12.8 Å². The minimum Gasteiger partial charge on any atom is -0.480 e. The molecule has 0 radical (unpaired) electrons. The van der Waals surface area contributed by atoms with Crippen molar-refractivity contribution in [2.45, 2.75) is 31.2 Å². The molecule has 0 saturated carbocycles. The Balaban J connectivity index is 2.56. The molecule has 6 nitrogen and oxygen atoms in total. The van der Waals surface area contributed by atoms with Crippen LogP contribution in [-0.4, -0.2) is 40.5 Å². The highest BCUT2D eigenvalue weighted by molar-refractivity contribution is 6.65. The normalized spacial score (nSPS) is 20.9. The molecule has 0 unspecified atom stereocenters. The second-order valence-electron chi connectivity index (χ2n) is 3.50. The lowest BCUT2D eigenvalue weighted by atomic mass is 10.1. The van der Waals surface area contributed by atoms with Gasteiger partial charge in [-0.25, -0.2) is 4.79 Å². The van der Waals surface area contributed by atoms with Crippen LogP contribution in [0.3, 0.4) is 0 Å². The summed E-state index contributed by atoms with van der Waals surface area (Å²) in [7, 11) is 0. The Kier molecular flexibility index (Phi) is 4.38. The Morgan fingerprint density at radius 1 is 1.61 bits per heavy atom. The first-order valence-electron chi connectivity index (χ1n) is 4.69. The fourth-order valence-corrected chi connectivity index (χ4v) is 1.46. The summed E-state index contributed by atoms with van der Waals surface area (Å²) in [5.74, 6) is -3.92. The van der Waals surface area contributed by atoms with Gasteiger partial charge in [0.15, 0.2) is 0 Å². The zero-order valence-electron chi connectivity index (χ0n) is 8.70. The molecule has 1 heterocycles. The molecule has 0 aromatic rings. The third-order valence-electron chi connectivity index (χ3n) is 2.06. The van der Waals surface area contributed by atoms with Gasteiger partial charge in [-0.2, -0.15) is 13.2 Å². The van der Waals surface area contributed by atoms with Crippen molar-refractivity contribution in [3.8, 4) is 0 Å². The number of halogens is 4. The van der Waals surface area contributed by atoms with Crippen LogP contribution in [-0.2, 0) is 14.4 Å². The van der Waals surface area contributed by atoms with Crippen LogP contribution in [0.15, 0.2) is 5.16 Å². The molecule has 1 aliphatic rings. The summed E-state index contributed by atoms with van der Waals surface area (Å²) >= 11 is 5.46. The number of nitrogens with one attached hydrogen (secondary N) is 1. The standard InChI is InChI=1S/C8H8ClF3N2O4/c9-5-2-3(18-14-5)1-4(6(15)16)13-7(17)8(10,11)12/h3-4H,1-2H2,(H,13,17)(H,15,16)/t3-,4+/m0/s1. The van der Waals surface area contributed by atoms with Gasteiger partial charge in [0.25, 0.3) is 0 Å². The zero-order chi connectivity index (χ0) is 13.9. The van der Waals surface area contributed by atoms with E-state index in [-0.39, 0.29) is 18.0 Å². The Morgan fingerprint density at radius 3 is 2.61 bits per heavy atom. The van der Waals surface area contributed by atoms with E-state index < -0.39 is 30.2 Å². The second kappa shape index (κ2) is 5.42. The minimum absolute atomic E-state index is 0.0892. The molecule has 10 heteroatoms. The van der Waals surface area contributed by atoms with E-state index in [1.165, 1.54) is 5.32 Å². The third kappa shape index (κ3) is 4.06. The fraction of sp³-hybridized carbons (Fsp3) is 0.625. The summed E-state index contributed by atoms with van der Waals surface area (Å²) in [5, 5.41) is 13.5. The van der Waals surface area contributed by atoms with Gasteiger partial charge in [0.1, 0.15) is 17.3 Å². The van der Waals surface area contributed by atoms with Gasteiger partial charge in [-0.1, -0.05) is 16.8 Å². The molecule has 102 valence electrons. The predicted octanol–water partition coefficient (Wildman–Crippen LogP) is 0.849. The maximum Gasteiger partial charge on any atom is 0.471 e. The Labute approximate surface area is 104 Å². The van der Waals surface area contributed by atoms with Gasteiger partial charge in [0, 0.05) is 12.8 Å². The van der Waals surface area contributed by atoms with Crippen molar-refractivity contribution in [2.75, 3.05) is 0 Å².